The van der Waals surface area contributed by atoms with Crippen molar-refractivity contribution in [3.05, 3.63) is 23.2 Å². The van der Waals surface area contributed by atoms with Gasteiger partial charge in [-0.2, -0.15) is 0 Å². The topological polar surface area (TPSA) is 75.3 Å². The Morgan fingerprint density at radius 1 is 1.45 bits per heavy atom. The number of halogens is 1. The van der Waals surface area contributed by atoms with Crippen molar-refractivity contribution in [3.8, 4) is 0 Å². The van der Waals surface area contributed by atoms with Crippen LogP contribution < -0.4 is 10.6 Å². The van der Waals surface area contributed by atoms with Crippen LogP contribution in [0.4, 0.5) is 5.69 Å². The van der Waals surface area contributed by atoms with Crippen LogP contribution >= 0.6 is 11.6 Å². The van der Waals surface area contributed by atoms with E-state index in [1.807, 2.05) is 6.92 Å². The monoisotopic (exact) mass is 316 g/mol. The van der Waals surface area contributed by atoms with Crippen molar-refractivity contribution in [1.82, 2.24) is 5.32 Å². The van der Waals surface area contributed by atoms with Gasteiger partial charge >= 0.3 is 0 Å². The van der Waals surface area contributed by atoms with Crippen molar-refractivity contribution in [2.24, 2.45) is 0 Å². The lowest BCUT2D eigenvalue weighted by Gasteiger charge is -2.23. The van der Waals surface area contributed by atoms with E-state index in [1.165, 1.54) is 18.2 Å². The summed E-state index contributed by atoms with van der Waals surface area (Å²) in [5, 5.41) is 6.16. The third-order valence-electron chi connectivity index (χ3n) is 3.48. The summed E-state index contributed by atoms with van der Waals surface area (Å²) in [6, 6.07) is 4.27. The summed E-state index contributed by atoms with van der Waals surface area (Å²) >= 11 is 6.01. The number of anilines is 1. The number of hydrogen-bond acceptors (Lipinski definition) is 4. The fraction of sp³-hybridized carbons (Fsp3) is 0.462. The first-order valence-electron chi connectivity index (χ1n) is 6.28. The molecule has 1 aromatic rings. The number of rotatable bonds is 3. The average molecular weight is 317 g/mol. The molecular formula is C13H17ClN2O3S. The molecular weight excluding hydrogens is 300 g/mol. The van der Waals surface area contributed by atoms with Crippen molar-refractivity contribution in [1.29, 1.82) is 0 Å². The van der Waals surface area contributed by atoms with Gasteiger partial charge in [-0.15, -0.1) is 0 Å². The molecule has 1 aromatic carbocycles. The van der Waals surface area contributed by atoms with Crippen LogP contribution in [0.1, 0.15) is 19.8 Å². The molecule has 110 valence electrons. The summed E-state index contributed by atoms with van der Waals surface area (Å²) in [4.78, 5) is 12.4. The van der Waals surface area contributed by atoms with Gasteiger partial charge in [0, 0.05) is 6.26 Å². The standard InChI is InChI=1S/C13H17ClN2O3S/c1-13(6-3-7-15-13)12(17)16-11-8-9(20(2,18)19)4-5-10(11)14/h4-5,8,15H,3,6-7H2,1-2H3,(H,16,17). The Labute approximate surface area is 123 Å². The zero-order chi connectivity index (χ0) is 15.0. The summed E-state index contributed by atoms with van der Waals surface area (Å²) in [5.41, 5.74) is -0.320. The fourth-order valence-corrected chi connectivity index (χ4v) is 2.99. The van der Waals surface area contributed by atoms with Crippen molar-refractivity contribution in [3.63, 3.8) is 0 Å². The molecule has 1 saturated heterocycles. The van der Waals surface area contributed by atoms with Gasteiger partial charge in [-0.1, -0.05) is 11.6 Å². The van der Waals surface area contributed by atoms with E-state index in [2.05, 4.69) is 10.6 Å². The Morgan fingerprint density at radius 3 is 2.70 bits per heavy atom. The van der Waals surface area contributed by atoms with Gasteiger partial charge < -0.3 is 10.6 Å². The fourth-order valence-electron chi connectivity index (χ4n) is 2.18. The Kier molecular flexibility index (Phi) is 4.09. The molecule has 0 aliphatic carbocycles. The summed E-state index contributed by atoms with van der Waals surface area (Å²) in [7, 11) is -3.34. The van der Waals surface area contributed by atoms with Crippen LogP contribution in [0.15, 0.2) is 23.1 Å². The van der Waals surface area contributed by atoms with Gasteiger partial charge in [0.25, 0.3) is 0 Å². The summed E-state index contributed by atoms with van der Waals surface area (Å²) in [6.45, 7) is 2.62. The maximum absolute atomic E-state index is 12.3. The molecule has 5 nitrogen and oxygen atoms in total. The molecule has 2 rings (SSSR count). The second kappa shape index (κ2) is 5.35. The Bertz CT molecular complexity index is 637. The highest BCUT2D eigenvalue weighted by molar-refractivity contribution is 7.90. The molecule has 2 N–H and O–H groups in total. The minimum absolute atomic E-state index is 0.127. The van der Waals surface area contributed by atoms with E-state index in [4.69, 9.17) is 11.6 Å². The van der Waals surface area contributed by atoms with Gasteiger partial charge in [0.2, 0.25) is 5.91 Å². The van der Waals surface area contributed by atoms with E-state index in [9.17, 15) is 13.2 Å². The minimum atomic E-state index is -3.34. The number of carbonyl (C=O) groups is 1. The van der Waals surface area contributed by atoms with Crippen molar-refractivity contribution < 1.29 is 13.2 Å². The minimum Gasteiger partial charge on any atom is -0.323 e. The predicted octanol–water partition coefficient (Wildman–Crippen LogP) is 1.82. The van der Waals surface area contributed by atoms with Crippen molar-refractivity contribution >= 4 is 33.0 Å². The number of nitrogens with one attached hydrogen (secondary N) is 2. The molecule has 1 heterocycles. The molecule has 1 fully saturated rings. The smallest absolute Gasteiger partial charge is 0.244 e. The maximum Gasteiger partial charge on any atom is 0.244 e. The highest BCUT2D eigenvalue weighted by atomic mass is 35.5. The molecule has 0 aromatic heterocycles. The zero-order valence-corrected chi connectivity index (χ0v) is 12.9. The summed E-state index contributed by atoms with van der Waals surface area (Å²) in [6.07, 6.45) is 2.78. The lowest BCUT2D eigenvalue weighted by Crippen LogP contribution is -2.48. The van der Waals surface area contributed by atoms with E-state index in [-0.39, 0.29) is 10.8 Å². The Morgan fingerprint density at radius 2 is 2.15 bits per heavy atom. The molecule has 0 spiro atoms. The molecule has 1 aliphatic rings. The molecule has 1 amide bonds. The number of benzene rings is 1. The zero-order valence-electron chi connectivity index (χ0n) is 11.4. The highest BCUT2D eigenvalue weighted by Crippen LogP contribution is 2.27. The SMILES string of the molecule is CC1(C(=O)Nc2cc(S(C)(=O)=O)ccc2Cl)CCCN1. The molecule has 1 aliphatic heterocycles. The number of carbonyl (C=O) groups excluding carboxylic acids is 1. The average Bonchev–Trinajstić information content (AvgIpc) is 2.79. The number of hydrogen-bond donors (Lipinski definition) is 2. The van der Waals surface area contributed by atoms with Gasteiger partial charge in [0.15, 0.2) is 9.84 Å². The maximum atomic E-state index is 12.3. The largest absolute Gasteiger partial charge is 0.323 e. The molecule has 1 unspecified atom stereocenters. The second-order valence-corrected chi connectivity index (χ2v) is 7.65. The van der Waals surface area contributed by atoms with Gasteiger partial charge in [0.05, 0.1) is 21.1 Å². The molecule has 7 heteroatoms. The summed E-state index contributed by atoms with van der Waals surface area (Å²) < 4.78 is 23.1. The Hall–Kier alpha value is -1.11. The predicted molar refractivity (Wildman–Crippen MR) is 78.8 cm³/mol. The summed E-state index contributed by atoms with van der Waals surface area (Å²) in [5.74, 6) is -0.206. The van der Waals surface area contributed by atoms with Gasteiger partial charge in [-0.3, -0.25) is 4.79 Å². The molecule has 20 heavy (non-hydrogen) atoms. The first kappa shape index (κ1) is 15.3. The Balaban J connectivity index is 2.27. The van der Waals surface area contributed by atoms with Gasteiger partial charge in [-0.05, 0) is 44.5 Å². The normalized spacial score (nSPS) is 22.8. The first-order chi connectivity index (χ1) is 9.22. The van der Waals surface area contributed by atoms with Crippen LogP contribution in [0.5, 0.6) is 0 Å². The highest BCUT2D eigenvalue weighted by Gasteiger charge is 2.36. The van der Waals surface area contributed by atoms with Crippen molar-refractivity contribution in [2.45, 2.75) is 30.2 Å². The third kappa shape index (κ3) is 3.13. The molecule has 0 bridgehead atoms. The lowest BCUT2D eigenvalue weighted by atomic mass is 9.99. The second-order valence-electron chi connectivity index (χ2n) is 5.23. The van der Waals surface area contributed by atoms with Crippen LogP contribution in [-0.2, 0) is 14.6 Å². The van der Waals surface area contributed by atoms with Crippen LogP contribution in [0.3, 0.4) is 0 Å². The number of amides is 1. The van der Waals surface area contributed by atoms with Gasteiger partial charge in [0.1, 0.15) is 0 Å². The molecule has 1 atom stereocenters. The van der Waals surface area contributed by atoms with Gasteiger partial charge in [-0.25, -0.2) is 8.42 Å². The molecule has 0 radical (unpaired) electrons. The van der Waals surface area contributed by atoms with Crippen LogP contribution in [-0.4, -0.2) is 32.7 Å². The van der Waals surface area contributed by atoms with E-state index in [0.717, 1.165) is 25.6 Å². The van der Waals surface area contributed by atoms with E-state index in [0.29, 0.717) is 10.7 Å². The lowest BCUT2D eigenvalue weighted by molar-refractivity contribution is -0.121. The quantitative estimate of drug-likeness (QED) is 0.892. The van der Waals surface area contributed by atoms with Crippen LogP contribution in [0.25, 0.3) is 0 Å². The first-order valence-corrected chi connectivity index (χ1v) is 8.55. The molecule has 0 saturated carbocycles. The van der Waals surface area contributed by atoms with E-state index in [1.54, 1.807) is 0 Å². The number of sulfone groups is 1. The van der Waals surface area contributed by atoms with Crippen LogP contribution in [0.2, 0.25) is 5.02 Å². The van der Waals surface area contributed by atoms with Crippen LogP contribution in [0, 0.1) is 0 Å². The van der Waals surface area contributed by atoms with E-state index >= 15 is 0 Å². The van der Waals surface area contributed by atoms with Crippen molar-refractivity contribution in [2.75, 3.05) is 18.1 Å². The third-order valence-corrected chi connectivity index (χ3v) is 4.92. The van der Waals surface area contributed by atoms with E-state index < -0.39 is 15.4 Å².